The molecule has 0 fully saturated rings. The third kappa shape index (κ3) is 2.97. The van der Waals surface area contributed by atoms with Gasteiger partial charge in [-0.05, 0) is 30.7 Å². The van der Waals surface area contributed by atoms with E-state index < -0.39 is 11.9 Å². The number of hydrogen-bond acceptors (Lipinski definition) is 2. The van der Waals surface area contributed by atoms with E-state index in [2.05, 4.69) is 0 Å². The molecule has 5 heteroatoms. The number of benzene rings is 1. The fourth-order valence-electron chi connectivity index (χ4n) is 1.04. The summed E-state index contributed by atoms with van der Waals surface area (Å²) in [7, 11) is 0. The summed E-state index contributed by atoms with van der Waals surface area (Å²) in [5, 5.41) is 17.2. The summed E-state index contributed by atoms with van der Waals surface area (Å²) in [6, 6.07) is 3.91. The van der Waals surface area contributed by atoms with Gasteiger partial charge in [0.1, 0.15) is 0 Å². The molecule has 0 aliphatic carbocycles. The van der Waals surface area contributed by atoms with Crippen molar-refractivity contribution >= 4 is 49.7 Å². The van der Waals surface area contributed by atoms with Crippen LogP contribution in [0.1, 0.15) is 29.1 Å². The number of hydrogen-bond donors (Lipinski definition) is 2. The van der Waals surface area contributed by atoms with Crippen LogP contribution in [0.25, 0.3) is 0 Å². The summed E-state index contributed by atoms with van der Waals surface area (Å²) < 4.78 is 0. The smallest absolute Gasteiger partial charge is 1.00 e. The SMILES string of the molecule is Cc1cc(C(=O)O)ccc1C(=O)O.[Ca+2].[H-].[H-]. The minimum atomic E-state index is -1.06. The van der Waals surface area contributed by atoms with Crippen LogP contribution in [0.3, 0.4) is 0 Å². The fraction of sp³-hybridized carbons (Fsp3) is 0.111. The number of aromatic carboxylic acids is 2. The van der Waals surface area contributed by atoms with Crippen molar-refractivity contribution < 1.29 is 22.7 Å². The molecule has 0 bridgehead atoms. The number of rotatable bonds is 2. The van der Waals surface area contributed by atoms with E-state index in [1.54, 1.807) is 6.92 Å². The maximum absolute atomic E-state index is 10.6. The van der Waals surface area contributed by atoms with Crippen molar-refractivity contribution in [3.05, 3.63) is 34.9 Å². The van der Waals surface area contributed by atoms with Crippen LogP contribution in [0.15, 0.2) is 18.2 Å². The van der Waals surface area contributed by atoms with E-state index in [1.807, 2.05) is 0 Å². The Kier molecular flexibility index (Phi) is 5.12. The van der Waals surface area contributed by atoms with Crippen LogP contribution in [0.4, 0.5) is 0 Å². The summed E-state index contributed by atoms with van der Waals surface area (Å²) in [6.07, 6.45) is 0. The minimum absolute atomic E-state index is 0. The molecular weight excluding hydrogens is 212 g/mol. The van der Waals surface area contributed by atoms with Gasteiger partial charge in [-0.3, -0.25) is 0 Å². The Morgan fingerprint density at radius 1 is 1.21 bits per heavy atom. The van der Waals surface area contributed by atoms with E-state index >= 15 is 0 Å². The Balaban J connectivity index is -0.000000563. The third-order valence-corrected chi connectivity index (χ3v) is 1.70. The van der Waals surface area contributed by atoms with Crippen molar-refractivity contribution in [2.24, 2.45) is 0 Å². The molecule has 0 radical (unpaired) electrons. The van der Waals surface area contributed by atoms with Gasteiger partial charge in [-0.2, -0.15) is 0 Å². The molecule has 1 aromatic rings. The standard InChI is InChI=1S/C9H8O4.Ca.2H/c1-5-4-6(8(10)11)2-3-7(5)9(12)13;;;/h2-4H,1H3,(H,10,11)(H,12,13);;;/q;+2;2*-1. The Bertz CT molecular complexity index is 382. The molecule has 0 atom stereocenters. The molecule has 0 aromatic heterocycles. The van der Waals surface area contributed by atoms with Gasteiger partial charge in [0.2, 0.25) is 0 Å². The van der Waals surface area contributed by atoms with Gasteiger partial charge in [-0.15, -0.1) is 0 Å². The molecule has 2 N–H and O–H groups in total. The van der Waals surface area contributed by atoms with E-state index in [1.165, 1.54) is 18.2 Å². The second kappa shape index (κ2) is 5.34. The summed E-state index contributed by atoms with van der Waals surface area (Å²) in [5.41, 5.74) is 0.680. The van der Waals surface area contributed by atoms with Crippen molar-refractivity contribution in [1.29, 1.82) is 0 Å². The average molecular weight is 222 g/mol. The maximum atomic E-state index is 10.6. The molecule has 0 saturated heterocycles. The Hall–Kier alpha value is -0.580. The topological polar surface area (TPSA) is 74.6 Å². The molecule has 0 saturated carbocycles. The zero-order valence-electron chi connectivity index (χ0n) is 9.65. The summed E-state index contributed by atoms with van der Waals surface area (Å²) in [6.45, 7) is 1.57. The van der Waals surface area contributed by atoms with Crippen LogP contribution in [0, 0.1) is 6.92 Å². The van der Waals surface area contributed by atoms with Crippen molar-refractivity contribution in [3.8, 4) is 0 Å². The van der Waals surface area contributed by atoms with Crippen LogP contribution in [0.5, 0.6) is 0 Å². The number of carboxylic acid groups (broad SMARTS) is 2. The van der Waals surface area contributed by atoms with Gasteiger partial charge in [0.25, 0.3) is 0 Å². The van der Waals surface area contributed by atoms with Gasteiger partial charge in [-0.1, -0.05) is 0 Å². The first-order valence-corrected chi connectivity index (χ1v) is 3.59. The second-order valence-corrected chi connectivity index (χ2v) is 2.64. The van der Waals surface area contributed by atoms with Crippen LogP contribution in [-0.4, -0.2) is 59.9 Å². The van der Waals surface area contributed by atoms with E-state index in [0.717, 1.165) is 0 Å². The molecule has 72 valence electrons. The van der Waals surface area contributed by atoms with Crippen molar-refractivity contribution in [2.75, 3.05) is 0 Å². The number of aryl methyl sites for hydroxylation is 1. The Morgan fingerprint density at radius 3 is 2.14 bits per heavy atom. The summed E-state index contributed by atoms with van der Waals surface area (Å²) in [5.74, 6) is -2.10. The van der Waals surface area contributed by atoms with Gasteiger partial charge in [-0.25, -0.2) is 9.59 Å². The largest absolute Gasteiger partial charge is 2.00 e. The van der Waals surface area contributed by atoms with Gasteiger partial charge in [0.05, 0.1) is 11.1 Å². The molecule has 4 nitrogen and oxygen atoms in total. The first kappa shape index (κ1) is 13.4. The number of carbonyl (C=O) groups is 2. The van der Waals surface area contributed by atoms with Crippen molar-refractivity contribution in [1.82, 2.24) is 0 Å². The van der Waals surface area contributed by atoms with E-state index in [4.69, 9.17) is 10.2 Å². The van der Waals surface area contributed by atoms with Crippen molar-refractivity contribution in [2.45, 2.75) is 6.92 Å². The molecule has 0 aliphatic heterocycles. The molecule has 1 aromatic carbocycles. The summed E-state index contributed by atoms with van der Waals surface area (Å²) >= 11 is 0. The molecular formula is C9H10CaO4. The van der Waals surface area contributed by atoms with Gasteiger partial charge < -0.3 is 13.1 Å². The van der Waals surface area contributed by atoms with Crippen molar-refractivity contribution in [3.63, 3.8) is 0 Å². The maximum Gasteiger partial charge on any atom is 2.00 e. The van der Waals surface area contributed by atoms with Gasteiger partial charge in [0, 0.05) is 0 Å². The van der Waals surface area contributed by atoms with Crippen LogP contribution >= 0.6 is 0 Å². The van der Waals surface area contributed by atoms with Crippen LogP contribution in [-0.2, 0) is 0 Å². The molecule has 0 spiro atoms. The fourth-order valence-corrected chi connectivity index (χ4v) is 1.04. The van der Waals surface area contributed by atoms with Crippen LogP contribution in [0.2, 0.25) is 0 Å². The molecule has 0 amide bonds. The zero-order valence-corrected chi connectivity index (χ0v) is 9.86. The second-order valence-electron chi connectivity index (χ2n) is 2.64. The zero-order chi connectivity index (χ0) is 10.0. The Morgan fingerprint density at radius 2 is 1.79 bits per heavy atom. The van der Waals surface area contributed by atoms with E-state index in [-0.39, 0.29) is 51.7 Å². The predicted molar refractivity (Wildman–Crippen MR) is 53.1 cm³/mol. The Labute approximate surface area is 114 Å². The molecule has 0 unspecified atom stereocenters. The quantitative estimate of drug-likeness (QED) is 0.738. The first-order chi connectivity index (χ1) is 6.02. The van der Waals surface area contributed by atoms with E-state index in [9.17, 15) is 9.59 Å². The summed E-state index contributed by atoms with van der Waals surface area (Å²) in [4.78, 5) is 21.0. The predicted octanol–water partition coefficient (Wildman–Crippen LogP) is 1.24. The van der Waals surface area contributed by atoms with Crippen LogP contribution < -0.4 is 0 Å². The average Bonchev–Trinajstić information content (AvgIpc) is 2.03. The van der Waals surface area contributed by atoms with Gasteiger partial charge >= 0.3 is 49.7 Å². The third-order valence-electron chi connectivity index (χ3n) is 1.70. The normalized spacial score (nSPS) is 8.93. The van der Waals surface area contributed by atoms with Gasteiger partial charge in [0.15, 0.2) is 0 Å². The minimum Gasteiger partial charge on any atom is -1.00 e. The van der Waals surface area contributed by atoms with E-state index in [0.29, 0.717) is 5.56 Å². The monoisotopic (exact) mass is 222 g/mol. The molecule has 0 aliphatic rings. The molecule has 1 rings (SSSR count). The number of carboxylic acids is 2. The molecule has 14 heavy (non-hydrogen) atoms. The first-order valence-electron chi connectivity index (χ1n) is 3.59. The molecule has 0 heterocycles.